The number of ether oxygens (including phenoxy) is 3. The number of H-pyrrole nitrogens is 1. The van der Waals surface area contributed by atoms with E-state index in [0.717, 1.165) is 28.1 Å². The highest BCUT2D eigenvalue weighted by atomic mass is 16.5. The van der Waals surface area contributed by atoms with Crippen molar-refractivity contribution in [2.75, 3.05) is 14.2 Å². The first-order chi connectivity index (χ1) is 13.1. The third-order valence-electron chi connectivity index (χ3n) is 4.68. The number of esters is 1. The van der Waals surface area contributed by atoms with E-state index in [2.05, 4.69) is 10.2 Å². The van der Waals surface area contributed by atoms with Crippen molar-refractivity contribution >= 4 is 5.97 Å². The lowest BCUT2D eigenvalue weighted by atomic mass is 9.85. The number of carbonyl (C=O) groups excluding carboxylic acids is 1. The number of phenolic OH excluding ortho intramolecular Hbond substituents is 1. The van der Waals surface area contributed by atoms with Gasteiger partial charge < -0.3 is 19.3 Å². The number of nitrogens with one attached hydrogen (secondary N) is 1. The summed E-state index contributed by atoms with van der Waals surface area (Å²) in [6.45, 7) is 0. The van der Waals surface area contributed by atoms with Gasteiger partial charge in [0.15, 0.2) is 11.5 Å². The highest BCUT2D eigenvalue weighted by molar-refractivity contribution is 5.80. The van der Waals surface area contributed by atoms with Gasteiger partial charge in [0, 0.05) is 11.5 Å². The topological polar surface area (TPSA) is 93.7 Å². The first kappa shape index (κ1) is 17.0. The number of methoxy groups -OCH3 is 2. The van der Waals surface area contributed by atoms with Gasteiger partial charge in [-0.3, -0.25) is 9.89 Å². The summed E-state index contributed by atoms with van der Waals surface area (Å²) in [4.78, 5) is 12.1. The summed E-state index contributed by atoms with van der Waals surface area (Å²) < 4.78 is 15.7. The van der Waals surface area contributed by atoms with Crippen LogP contribution in [-0.4, -0.2) is 35.5 Å². The third kappa shape index (κ3) is 2.97. The van der Waals surface area contributed by atoms with Gasteiger partial charge in [0.05, 0.1) is 31.9 Å². The van der Waals surface area contributed by atoms with Crippen molar-refractivity contribution in [3.05, 3.63) is 53.6 Å². The van der Waals surface area contributed by atoms with Crippen molar-refractivity contribution in [2.24, 2.45) is 0 Å². The number of fused-ring (bicyclic) bond motifs is 1. The predicted octanol–water partition coefficient (Wildman–Crippen LogP) is 3.24. The average molecular weight is 366 g/mol. The predicted molar refractivity (Wildman–Crippen MR) is 97.3 cm³/mol. The van der Waals surface area contributed by atoms with E-state index in [1.807, 2.05) is 24.3 Å². The molecule has 0 aliphatic carbocycles. The summed E-state index contributed by atoms with van der Waals surface area (Å²) in [5.74, 6) is 0.788. The van der Waals surface area contributed by atoms with Crippen LogP contribution in [0.25, 0.3) is 11.3 Å². The summed E-state index contributed by atoms with van der Waals surface area (Å²) in [6, 6.07) is 12.6. The minimum Gasteiger partial charge on any atom is -0.504 e. The molecule has 2 heterocycles. The van der Waals surface area contributed by atoms with Gasteiger partial charge in [0.2, 0.25) is 5.88 Å². The highest BCUT2D eigenvalue weighted by Gasteiger charge is 2.34. The summed E-state index contributed by atoms with van der Waals surface area (Å²) in [5.41, 5.74) is 3.31. The number of nitrogens with zero attached hydrogens (tertiary/aromatic N) is 1. The van der Waals surface area contributed by atoms with Gasteiger partial charge in [-0.25, -0.2) is 0 Å². The van der Waals surface area contributed by atoms with Crippen molar-refractivity contribution in [2.45, 2.75) is 12.3 Å². The molecular weight excluding hydrogens is 348 g/mol. The van der Waals surface area contributed by atoms with Crippen LogP contribution in [0.3, 0.4) is 0 Å². The van der Waals surface area contributed by atoms with Gasteiger partial charge in [-0.05, 0) is 42.0 Å². The Morgan fingerprint density at radius 2 is 1.93 bits per heavy atom. The van der Waals surface area contributed by atoms with E-state index in [0.29, 0.717) is 5.75 Å². The summed E-state index contributed by atoms with van der Waals surface area (Å²) in [5, 5.41) is 17.0. The Hall–Kier alpha value is -3.48. The van der Waals surface area contributed by atoms with Gasteiger partial charge in [0.25, 0.3) is 0 Å². The van der Waals surface area contributed by atoms with E-state index in [4.69, 9.17) is 14.2 Å². The molecule has 2 N–H and O–H groups in total. The van der Waals surface area contributed by atoms with Gasteiger partial charge in [-0.2, -0.15) is 0 Å². The molecule has 0 fully saturated rings. The van der Waals surface area contributed by atoms with Crippen LogP contribution in [0.4, 0.5) is 0 Å². The molecule has 0 radical (unpaired) electrons. The van der Waals surface area contributed by atoms with Gasteiger partial charge >= 0.3 is 5.97 Å². The van der Waals surface area contributed by atoms with Crippen molar-refractivity contribution in [3.8, 4) is 34.4 Å². The average Bonchev–Trinajstić information content (AvgIpc) is 3.11. The third-order valence-corrected chi connectivity index (χ3v) is 4.68. The van der Waals surface area contributed by atoms with E-state index < -0.39 is 0 Å². The molecule has 1 aliphatic rings. The molecule has 0 saturated heterocycles. The van der Waals surface area contributed by atoms with Crippen molar-refractivity contribution < 1.29 is 24.1 Å². The zero-order chi connectivity index (χ0) is 19.0. The smallest absolute Gasteiger partial charge is 0.313 e. The fourth-order valence-corrected chi connectivity index (χ4v) is 3.33. The van der Waals surface area contributed by atoms with E-state index in [1.165, 1.54) is 7.11 Å². The zero-order valence-corrected chi connectivity index (χ0v) is 14.9. The van der Waals surface area contributed by atoms with Crippen LogP contribution in [0.1, 0.15) is 23.5 Å². The molecule has 0 saturated carbocycles. The Labute approximate surface area is 155 Å². The Morgan fingerprint density at radius 3 is 2.63 bits per heavy atom. The lowest BCUT2D eigenvalue weighted by Crippen LogP contribution is -2.20. The molecule has 0 amide bonds. The van der Waals surface area contributed by atoms with Crippen LogP contribution >= 0.6 is 0 Å². The van der Waals surface area contributed by atoms with Crippen LogP contribution in [0.15, 0.2) is 42.5 Å². The number of aromatic nitrogens is 2. The largest absolute Gasteiger partial charge is 0.504 e. The molecule has 27 heavy (non-hydrogen) atoms. The quantitative estimate of drug-likeness (QED) is 0.689. The number of phenols is 1. The summed E-state index contributed by atoms with van der Waals surface area (Å²) in [7, 11) is 3.10. The van der Waals surface area contributed by atoms with E-state index >= 15 is 0 Å². The number of carbonyl (C=O) groups is 1. The lowest BCUT2D eigenvalue weighted by Gasteiger charge is -2.23. The zero-order valence-electron chi connectivity index (χ0n) is 14.9. The SMILES string of the molecule is COc1ccc(-c2[nH]nc3c2[C@H](c2ccc(O)c(OC)c2)CC(=O)O3)cc1. The van der Waals surface area contributed by atoms with E-state index in [9.17, 15) is 9.90 Å². The molecule has 7 heteroatoms. The minimum atomic E-state index is -0.354. The molecule has 0 bridgehead atoms. The van der Waals surface area contributed by atoms with Crippen LogP contribution in [0.2, 0.25) is 0 Å². The molecule has 7 nitrogen and oxygen atoms in total. The van der Waals surface area contributed by atoms with E-state index in [-0.39, 0.29) is 29.9 Å². The van der Waals surface area contributed by atoms with Crippen LogP contribution in [0, 0.1) is 0 Å². The van der Waals surface area contributed by atoms with Crippen molar-refractivity contribution in [1.82, 2.24) is 10.2 Å². The molecule has 1 atom stereocenters. The summed E-state index contributed by atoms with van der Waals surface area (Å²) in [6.07, 6.45) is 0.170. The molecule has 0 unspecified atom stereocenters. The second-order valence-corrected chi connectivity index (χ2v) is 6.21. The fourth-order valence-electron chi connectivity index (χ4n) is 3.33. The van der Waals surface area contributed by atoms with Crippen LogP contribution in [-0.2, 0) is 4.79 Å². The van der Waals surface area contributed by atoms with Gasteiger partial charge in [0.1, 0.15) is 5.75 Å². The van der Waals surface area contributed by atoms with Crippen LogP contribution < -0.4 is 14.2 Å². The first-order valence-electron chi connectivity index (χ1n) is 8.41. The molecule has 1 aromatic heterocycles. The Bertz CT molecular complexity index is 994. The molecule has 4 rings (SSSR count). The lowest BCUT2D eigenvalue weighted by molar-refractivity contribution is -0.135. The number of hydrogen-bond acceptors (Lipinski definition) is 6. The second kappa shape index (κ2) is 6.68. The minimum absolute atomic E-state index is 0.0439. The van der Waals surface area contributed by atoms with E-state index in [1.54, 1.807) is 25.3 Å². The molecule has 1 aliphatic heterocycles. The highest BCUT2D eigenvalue weighted by Crippen LogP contribution is 2.44. The van der Waals surface area contributed by atoms with Crippen molar-refractivity contribution in [1.29, 1.82) is 0 Å². The normalized spacial score (nSPS) is 15.8. The molecule has 2 aromatic carbocycles. The molecular formula is C20H18N2O5. The summed E-state index contributed by atoms with van der Waals surface area (Å²) >= 11 is 0. The fraction of sp³-hybridized carbons (Fsp3) is 0.200. The van der Waals surface area contributed by atoms with Gasteiger partial charge in [-0.15, -0.1) is 5.10 Å². The van der Waals surface area contributed by atoms with Gasteiger partial charge in [-0.1, -0.05) is 6.07 Å². The monoisotopic (exact) mass is 366 g/mol. The first-order valence-corrected chi connectivity index (χ1v) is 8.41. The number of benzene rings is 2. The number of aromatic hydroxyl groups is 1. The Balaban J connectivity index is 1.82. The Kier molecular flexibility index (Phi) is 4.19. The second-order valence-electron chi connectivity index (χ2n) is 6.21. The molecule has 3 aromatic rings. The number of hydrogen-bond donors (Lipinski definition) is 2. The molecule has 0 spiro atoms. The maximum atomic E-state index is 12.1. The Morgan fingerprint density at radius 1 is 1.15 bits per heavy atom. The number of rotatable bonds is 4. The maximum absolute atomic E-state index is 12.1. The molecule has 138 valence electrons. The van der Waals surface area contributed by atoms with Crippen LogP contribution in [0.5, 0.6) is 23.1 Å². The standard InChI is InChI=1S/C20H18N2O5/c1-25-13-6-3-11(4-7-13)19-18-14(10-17(24)27-20(18)22-21-19)12-5-8-15(23)16(9-12)26-2/h3-9,14,23H,10H2,1-2H3,(H,21,22)/t14-/m0/s1. The van der Waals surface area contributed by atoms with Crippen molar-refractivity contribution in [3.63, 3.8) is 0 Å². The maximum Gasteiger partial charge on any atom is 0.313 e. The number of aromatic amines is 1.